The molecular formula is C34H38Cl2N6O5S. The highest BCUT2D eigenvalue weighted by Gasteiger charge is 2.45. The molecule has 3 heterocycles. The molecule has 0 bridgehead atoms. The number of imidazole rings is 1. The Kier molecular flexibility index (Phi) is 11.5. The van der Waals surface area contributed by atoms with E-state index in [4.69, 9.17) is 42.1 Å². The van der Waals surface area contributed by atoms with Crippen molar-refractivity contribution >= 4 is 46.9 Å². The first-order valence-corrected chi connectivity index (χ1v) is 17.2. The van der Waals surface area contributed by atoms with Crippen LogP contribution in [0.4, 0.5) is 10.5 Å². The lowest BCUT2D eigenvalue weighted by molar-refractivity contribution is -0.189. The predicted molar refractivity (Wildman–Crippen MR) is 187 cm³/mol. The summed E-state index contributed by atoms with van der Waals surface area (Å²) < 4.78 is 28.8. The minimum absolute atomic E-state index is 0.205. The lowest BCUT2D eigenvalue weighted by atomic mass is 10.1. The first-order chi connectivity index (χ1) is 23.4. The Morgan fingerprint density at radius 2 is 1.81 bits per heavy atom. The topological polar surface area (TPSA) is 102 Å². The first kappa shape index (κ1) is 34.2. The number of aromatic nitrogens is 2. The molecule has 0 spiro atoms. The third kappa shape index (κ3) is 8.87. The van der Waals surface area contributed by atoms with Gasteiger partial charge in [-0.15, -0.1) is 0 Å². The van der Waals surface area contributed by atoms with Gasteiger partial charge >= 0.3 is 6.03 Å². The highest BCUT2D eigenvalue weighted by molar-refractivity contribution is 7.98. The van der Waals surface area contributed by atoms with Gasteiger partial charge in [-0.3, -0.25) is 9.62 Å². The summed E-state index contributed by atoms with van der Waals surface area (Å²) >= 11 is 14.0. The van der Waals surface area contributed by atoms with E-state index in [9.17, 15) is 4.79 Å². The molecule has 2 atom stereocenters. The van der Waals surface area contributed by atoms with Gasteiger partial charge in [0.25, 0.3) is 0 Å². The zero-order valence-electron chi connectivity index (χ0n) is 26.5. The Labute approximate surface area is 294 Å². The molecule has 11 nitrogen and oxygen atoms in total. The number of hydrogen-bond acceptors (Lipinski definition) is 9. The standard InChI is InChI=1S/C34H38Cl2N6O5S/c1-44-27-7-9-30(10-8-27)48-39-33(43)38-13-15-40-16-18-42(19-17-40)26-3-5-28(6-4-26)45-21-29-22-46-34(47-29,23-41-14-12-37-24-41)31-11-2-25(35)20-32(31)36/h2-12,14,20,24,29H,13,15-19,21-23H2,1H3,(H2,38,39,43). The van der Waals surface area contributed by atoms with Crippen LogP contribution in [0.1, 0.15) is 5.56 Å². The normalized spacial score (nSPS) is 19.6. The van der Waals surface area contributed by atoms with Gasteiger partial charge in [0.15, 0.2) is 0 Å². The van der Waals surface area contributed by atoms with Crippen LogP contribution in [-0.4, -0.2) is 86.2 Å². The summed E-state index contributed by atoms with van der Waals surface area (Å²) in [7, 11) is 1.63. The van der Waals surface area contributed by atoms with Gasteiger partial charge in [0.05, 0.1) is 31.6 Å². The molecule has 0 radical (unpaired) electrons. The van der Waals surface area contributed by atoms with Crippen LogP contribution in [0.25, 0.3) is 0 Å². The molecule has 3 aromatic carbocycles. The third-order valence-electron chi connectivity index (χ3n) is 8.20. The van der Waals surface area contributed by atoms with Gasteiger partial charge in [0.1, 0.15) is 24.2 Å². The Morgan fingerprint density at radius 1 is 1.04 bits per heavy atom. The van der Waals surface area contributed by atoms with Crippen LogP contribution in [0.15, 0.2) is 90.3 Å². The fourth-order valence-corrected chi connectivity index (χ4v) is 6.77. The van der Waals surface area contributed by atoms with Crippen LogP contribution in [0.3, 0.4) is 0 Å². The lowest BCUT2D eigenvalue weighted by Crippen LogP contribution is -2.48. The monoisotopic (exact) mass is 712 g/mol. The molecule has 0 saturated carbocycles. The number of hydrogen-bond donors (Lipinski definition) is 2. The van der Waals surface area contributed by atoms with E-state index in [0.29, 0.717) is 41.9 Å². The molecule has 2 aliphatic rings. The Morgan fingerprint density at radius 3 is 2.52 bits per heavy atom. The predicted octanol–water partition coefficient (Wildman–Crippen LogP) is 5.67. The highest BCUT2D eigenvalue weighted by atomic mass is 35.5. The van der Waals surface area contributed by atoms with E-state index in [2.05, 4.69) is 37.0 Å². The Balaban J connectivity index is 0.921. The number of benzene rings is 3. The first-order valence-electron chi connectivity index (χ1n) is 15.7. The summed E-state index contributed by atoms with van der Waals surface area (Å²) in [5.41, 5.74) is 1.85. The summed E-state index contributed by atoms with van der Waals surface area (Å²) in [6, 6.07) is 20.8. The van der Waals surface area contributed by atoms with E-state index in [1.807, 2.05) is 53.2 Å². The number of carbonyl (C=O) groups excluding carboxylic acids is 1. The van der Waals surface area contributed by atoms with E-state index in [0.717, 1.165) is 54.8 Å². The Bertz CT molecular complexity index is 1620. The third-order valence-corrected chi connectivity index (χ3v) is 9.54. The molecule has 1 aromatic heterocycles. The number of rotatable bonds is 13. The maximum atomic E-state index is 12.2. The molecule has 14 heteroatoms. The fourth-order valence-electron chi connectivity index (χ4n) is 5.66. The van der Waals surface area contributed by atoms with Crippen molar-refractivity contribution in [3.8, 4) is 11.5 Å². The van der Waals surface area contributed by atoms with Crippen LogP contribution in [0, 0.1) is 0 Å². The molecule has 4 aromatic rings. The van der Waals surface area contributed by atoms with Crippen molar-refractivity contribution in [2.45, 2.75) is 23.3 Å². The van der Waals surface area contributed by atoms with Crippen molar-refractivity contribution in [2.24, 2.45) is 0 Å². The minimum Gasteiger partial charge on any atom is -0.497 e. The zero-order valence-corrected chi connectivity index (χ0v) is 28.8. The maximum absolute atomic E-state index is 12.2. The van der Waals surface area contributed by atoms with Gasteiger partial charge in [-0.05, 0) is 72.6 Å². The molecule has 2 N–H and O–H groups in total. The fraction of sp³-hybridized carbons (Fsp3) is 0.353. The van der Waals surface area contributed by atoms with Crippen LogP contribution in [-0.2, 0) is 21.8 Å². The molecular weight excluding hydrogens is 675 g/mol. The van der Waals surface area contributed by atoms with E-state index >= 15 is 0 Å². The number of carbonyl (C=O) groups is 1. The van der Waals surface area contributed by atoms with Crippen molar-refractivity contribution in [3.63, 3.8) is 0 Å². The van der Waals surface area contributed by atoms with Gasteiger partial charge in [0.2, 0.25) is 5.79 Å². The van der Waals surface area contributed by atoms with E-state index in [1.54, 1.807) is 31.8 Å². The molecule has 2 unspecified atom stereocenters. The molecule has 6 rings (SSSR count). The van der Waals surface area contributed by atoms with Crippen molar-refractivity contribution in [1.29, 1.82) is 0 Å². The van der Waals surface area contributed by atoms with Crippen molar-refractivity contribution < 1.29 is 23.7 Å². The molecule has 2 saturated heterocycles. The zero-order chi connectivity index (χ0) is 33.3. The van der Waals surface area contributed by atoms with Crippen LogP contribution < -0.4 is 24.4 Å². The van der Waals surface area contributed by atoms with Gasteiger partial charge in [-0.2, -0.15) is 0 Å². The summed E-state index contributed by atoms with van der Waals surface area (Å²) in [6.45, 7) is 6.05. The van der Waals surface area contributed by atoms with E-state index in [-0.39, 0.29) is 12.1 Å². The van der Waals surface area contributed by atoms with Gasteiger partial charge in [-0.1, -0.05) is 29.3 Å². The second-order valence-electron chi connectivity index (χ2n) is 11.4. The number of halogens is 2. The second kappa shape index (κ2) is 16.2. The van der Waals surface area contributed by atoms with Gasteiger partial charge < -0.3 is 33.7 Å². The van der Waals surface area contributed by atoms with Gasteiger partial charge in [0, 0.05) is 72.8 Å². The molecule has 0 aliphatic carbocycles. The number of methoxy groups -OCH3 is 1. The van der Waals surface area contributed by atoms with Crippen molar-refractivity contribution in [3.05, 3.63) is 101 Å². The summed E-state index contributed by atoms with van der Waals surface area (Å²) in [5.74, 6) is 0.442. The number of amides is 2. The van der Waals surface area contributed by atoms with Crippen LogP contribution in [0.5, 0.6) is 11.5 Å². The highest BCUT2D eigenvalue weighted by Crippen LogP contribution is 2.40. The average molecular weight is 714 g/mol. The molecule has 254 valence electrons. The second-order valence-corrected chi connectivity index (χ2v) is 13.2. The number of anilines is 1. The largest absolute Gasteiger partial charge is 0.497 e. The quantitative estimate of drug-likeness (QED) is 0.170. The molecule has 2 fully saturated rings. The number of urea groups is 1. The smallest absolute Gasteiger partial charge is 0.325 e. The van der Waals surface area contributed by atoms with Crippen LogP contribution in [0.2, 0.25) is 10.0 Å². The van der Waals surface area contributed by atoms with Crippen molar-refractivity contribution in [1.82, 2.24) is 24.5 Å². The SMILES string of the molecule is COc1ccc(SNC(=O)NCCN2CCN(c3ccc(OCC4COC(Cn5ccnc5)(c5ccc(Cl)cc5Cl)O4)cc3)CC2)cc1. The summed E-state index contributed by atoms with van der Waals surface area (Å²) in [6.07, 6.45) is 4.98. The van der Waals surface area contributed by atoms with E-state index in [1.165, 1.54) is 11.9 Å². The average Bonchev–Trinajstić information content (AvgIpc) is 3.78. The number of nitrogens with zero attached hydrogens (tertiary/aromatic N) is 4. The maximum Gasteiger partial charge on any atom is 0.325 e. The van der Waals surface area contributed by atoms with Crippen molar-refractivity contribution in [2.75, 3.05) is 64.5 Å². The summed E-state index contributed by atoms with van der Waals surface area (Å²) in [4.78, 5) is 22.0. The number of nitrogens with one attached hydrogen (secondary N) is 2. The summed E-state index contributed by atoms with van der Waals surface area (Å²) in [5, 5.41) is 3.95. The molecule has 2 aliphatic heterocycles. The number of ether oxygens (including phenoxy) is 4. The Hall–Kier alpha value is -3.65. The molecule has 2 amide bonds. The van der Waals surface area contributed by atoms with Crippen LogP contribution >= 0.6 is 35.1 Å². The number of piperazine rings is 1. The molecule has 48 heavy (non-hydrogen) atoms. The minimum atomic E-state index is -1.10. The lowest BCUT2D eigenvalue weighted by Gasteiger charge is -2.36. The van der Waals surface area contributed by atoms with Gasteiger partial charge in [-0.25, -0.2) is 9.78 Å². The van der Waals surface area contributed by atoms with E-state index < -0.39 is 5.79 Å².